The molecule has 0 bridgehead atoms. The molecule has 0 aromatic rings. The maximum Gasteiger partial charge on any atom is 0.320 e. The number of carboxylic acids is 1. The average Bonchev–Trinajstić information content (AvgIpc) is 2.41. The molecule has 1 aliphatic carbocycles. The van der Waals surface area contributed by atoms with Crippen molar-refractivity contribution in [1.29, 1.82) is 0 Å². The Bertz CT molecular complexity index is 255. The second-order valence-corrected chi connectivity index (χ2v) is 6.03. The van der Waals surface area contributed by atoms with E-state index in [4.69, 9.17) is 0 Å². The molecule has 0 radical (unpaired) electrons. The van der Waals surface area contributed by atoms with Gasteiger partial charge in [-0.05, 0) is 44.7 Å². The molecule has 3 heteroatoms. The fourth-order valence-corrected chi connectivity index (χ4v) is 3.56. The normalized spacial score (nSPS) is 24.9. The number of carbonyl (C=O) groups is 1. The third-order valence-corrected chi connectivity index (χ3v) is 4.69. The Morgan fingerprint density at radius 2 is 1.67 bits per heavy atom. The van der Waals surface area contributed by atoms with E-state index in [2.05, 4.69) is 4.90 Å². The van der Waals surface area contributed by atoms with E-state index in [1.54, 1.807) is 0 Å². The summed E-state index contributed by atoms with van der Waals surface area (Å²) in [4.78, 5) is 13.6. The number of hydrogen-bond acceptors (Lipinski definition) is 2. The summed E-state index contributed by atoms with van der Waals surface area (Å²) in [5.74, 6) is 0.193. The van der Waals surface area contributed by atoms with E-state index >= 15 is 0 Å². The Morgan fingerprint density at radius 1 is 1.06 bits per heavy atom. The van der Waals surface area contributed by atoms with Crippen LogP contribution >= 0.6 is 0 Å². The summed E-state index contributed by atoms with van der Waals surface area (Å²) in [6, 6.07) is -0.216. The molecule has 1 saturated carbocycles. The number of rotatable bonds is 5. The lowest BCUT2D eigenvalue weighted by molar-refractivity contribution is -0.144. The zero-order valence-electron chi connectivity index (χ0n) is 11.4. The van der Waals surface area contributed by atoms with Crippen LogP contribution in [0.15, 0.2) is 0 Å². The van der Waals surface area contributed by atoms with Crippen LogP contribution in [-0.2, 0) is 4.79 Å². The van der Waals surface area contributed by atoms with Crippen molar-refractivity contribution in [3.63, 3.8) is 0 Å². The minimum absolute atomic E-state index is 0.216. The molecule has 3 nitrogen and oxygen atoms in total. The first-order valence-corrected chi connectivity index (χ1v) is 7.74. The van der Waals surface area contributed by atoms with Gasteiger partial charge in [0.05, 0.1) is 0 Å². The third-order valence-electron chi connectivity index (χ3n) is 4.69. The second kappa shape index (κ2) is 7.13. The molecule has 1 saturated heterocycles. The molecule has 1 N–H and O–H groups in total. The SMILES string of the molecule is O=C(O)C(CCC1CCCCC1)N1CCCCC1. The van der Waals surface area contributed by atoms with Gasteiger partial charge in [-0.25, -0.2) is 0 Å². The van der Waals surface area contributed by atoms with Crippen LogP contribution < -0.4 is 0 Å². The van der Waals surface area contributed by atoms with Crippen LogP contribution in [0.5, 0.6) is 0 Å². The lowest BCUT2D eigenvalue weighted by atomic mass is 9.85. The largest absolute Gasteiger partial charge is 0.480 e. The standard InChI is InChI=1S/C15H27NO2/c17-15(18)14(16-11-5-2-6-12-16)10-9-13-7-3-1-4-8-13/h13-14H,1-12H2,(H,17,18). The summed E-state index contributed by atoms with van der Waals surface area (Å²) in [7, 11) is 0. The van der Waals surface area contributed by atoms with Crippen LogP contribution in [0, 0.1) is 5.92 Å². The van der Waals surface area contributed by atoms with Gasteiger partial charge in [-0.3, -0.25) is 9.69 Å². The van der Waals surface area contributed by atoms with E-state index in [1.807, 2.05) is 0 Å². The molecule has 104 valence electrons. The van der Waals surface area contributed by atoms with Crippen LogP contribution in [-0.4, -0.2) is 35.1 Å². The topological polar surface area (TPSA) is 40.5 Å². The van der Waals surface area contributed by atoms with Crippen molar-refractivity contribution < 1.29 is 9.90 Å². The minimum Gasteiger partial charge on any atom is -0.480 e. The molecule has 0 spiro atoms. The van der Waals surface area contributed by atoms with Gasteiger partial charge in [-0.15, -0.1) is 0 Å². The highest BCUT2D eigenvalue weighted by Gasteiger charge is 2.27. The Kier molecular flexibility index (Phi) is 5.48. The Labute approximate surface area is 111 Å². The first-order chi connectivity index (χ1) is 8.77. The number of aliphatic carboxylic acids is 1. The fraction of sp³-hybridized carbons (Fsp3) is 0.933. The zero-order valence-corrected chi connectivity index (χ0v) is 11.4. The summed E-state index contributed by atoms with van der Waals surface area (Å²) in [5.41, 5.74) is 0. The van der Waals surface area contributed by atoms with E-state index in [1.165, 1.54) is 51.4 Å². The van der Waals surface area contributed by atoms with Crippen LogP contribution in [0.1, 0.15) is 64.2 Å². The number of carboxylic acid groups (broad SMARTS) is 1. The van der Waals surface area contributed by atoms with Gasteiger partial charge in [0.2, 0.25) is 0 Å². The Hall–Kier alpha value is -0.570. The maximum atomic E-state index is 11.4. The highest BCUT2D eigenvalue weighted by molar-refractivity contribution is 5.73. The molecule has 0 aromatic heterocycles. The highest BCUT2D eigenvalue weighted by Crippen LogP contribution is 2.28. The molecule has 2 rings (SSSR count). The van der Waals surface area contributed by atoms with Gasteiger partial charge in [0.15, 0.2) is 0 Å². The van der Waals surface area contributed by atoms with Crippen molar-refractivity contribution in [1.82, 2.24) is 4.90 Å². The lowest BCUT2D eigenvalue weighted by Gasteiger charge is -2.33. The van der Waals surface area contributed by atoms with Gasteiger partial charge in [0.25, 0.3) is 0 Å². The number of likely N-dealkylation sites (tertiary alicyclic amines) is 1. The van der Waals surface area contributed by atoms with Crippen LogP contribution in [0.4, 0.5) is 0 Å². The van der Waals surface area contributed by atoms with Crippen molar-refractivity contribution in [3.8, 4) is 0 Å². The molecule has 2 aliphatic rings. The maximum absolute atomic E-state index is 11.4. The molecule has 1 aliphatic heterocycles. The predicted octanol–water partition coefficient (Wildman–Crippen LogP) is 3.29. The number of hydrogen-bond donors (Lipinski definition) is 1. The highest BCUT2D eigenvalue weighted by atomic mass is 16.4. The van der Waals surface area contributed by atoms with Crippen molar-refractivity contribution in [2.45, 2.75) is 70.3 Å². The fourth-order valence-electron chi connectivity index (χ4n) is 3.56. The van der Waals surface area contributed by atoms with Crippen LogP contribution in [0.3, 0.4) is 0 Å². The summed E-state index contributed by atoms with van der Waals surface area (Å²) < 4.78 is 0. The van der Waals surface area contributed by atoms with Crippen LogP contribution in [0.25, 0.3) is 0 Å². The van der Waals surface area contributed by atoms with E-state index in [-0.39, 0.29) is 6.04 Å². The van der Waals surface area contributed by atoms with Gasteiger partial charge >= 0.3 is 5.97 Å². The lowest BCUT2D eigenvalue weighted by Crippen LogP contribution is -2.44. The Morgan fingerprint density at radius 3 is 2.28 bits per heavy atom. The van der Waals surface area contributed by atoms with E-state index in [9.17, 15) is 9.90 Å². The molecule has 0 amide bonds. The average molecular weight is 253 g/mol. The molecule has 2 fully saturated rings. The quantitative estimate of drug-likeness (QED) is 0.817. The third kappa shape index (κ3) is 3.98. The minimum atomic E-state index is -0.604. The van der Waals surface area contributed by atoms with E-state index in [0.29, 0.717) is 0 Å². The van der Waals surface area contributed by atoms with Crippen LogP contribution in [0.2, 0.25) is 0 Å². The van der Waals surface area contributed by atoms with Crippen molar-refractivity contribution in [2.24, 2.45) is 5.92 Å². The molecule has 18 heavy (non-hydrogen) atoms. The molecular formula is C15H27NO2. The van der Waals surface area contributed by atoms with E-state index in [0.717, 1.165) is 31.8 Å². The Balaban J connectivity index is 1.79. The van der Waals surface area contributed by atoms with Gasteiger partial charge in [-0.2, -0.15) is 0 Å². The van der Waals surface area contributed by atoms with Crippen molar-refractivity contribution >= 4 is 5.97 Å². The summed E-state index contributed by atoms with van der Waals surface area (Å²) in [6.07, 6.45) is 12.3. The summed E-state index contributed by atoms with van der Waals surface area (Å²) >= 11 is 0. The monoisotopic (exact) mass is 253 g/mol. The molecule has 1 heterocycles. The van der Waals surface area contributed by atoms with E-state index < -0.39 is 5.97 Å². The van der Waals surface area contributed by atoms with Gasteiger partial charge in [0.1, 0.15) is 6.04 Å². The van der Waals surface area contributed by atoms with Gasteiger partial charge < -0.3 is 5.11 Å². The molecule has 1 unspecified atom stereocenters. The van der Waals surface area contributed by atoms with Gasteiger partial charge in [0, 0.05) is 0 Å². The van der Waals surface area contributed by atoms with Crippen molar-refractivity contribution in [2.75, 3.05) is 13.1 Å². The molecular weight excluding hydrogens is 226 g/mol. The summed E-state index contributed by atoms with van der Waals surface area (Å²) in [5, 5.41) is 9.41. The number of piperidine rings is 1. The summed E-state index contributed by atoms with van der Waals surface area (Å²) in [6.45, 7) is 1.98. The predicted molar refractivity (Wildman–Crippen MR) is 72.7 cm³/mol. The molecule has 0 aromatic carbocycles. The second-order valence-electron chi connectivity index (χ2n) is 6.03. The zero-order chi connectivity index (χ0) is 12.8. The van der Waals surface area contributed by atoms with Gasteiger partial charge in [-0.1, -0.05) is 38.5 Å². The number of nitrogens with zero attached hydrogens (tertiary/aromatic N) is 1. The smallest absolute Gasteiger partial charge is 0.320 e. The molecule has 1 atom stereocenters. The first kappa shape index (κ1) is 13.9. The first-order valence-electron chi connectivity index (χ1n) is 7.74. The van der Waals surface area contributed by atoms with Crippen molar-refractivity contribution in [3.05, 3.63) is 0 Å².